The van der Waals surface area contributed by atoms with E-state index in [1.165, 1.54) is 13.0 Å². The van der Waals surface area contributed by atoms with Crippen molar-refractivity contribution >= 4 is 16.2 Å². The first kappa shape index (κ1) is 8.11. The zero-order chi connectivity index (χ0) is 7.33. The van der Waals surface area contributed by atoms with Crippen LogP contribution in [-0.4, -0.2) is 20.4 Å². The third-order valence-corrected chi connectivity index (χ3v) is 1.54. The number of rotatable bonds is 2. The standard InChI is InChI=1S/C4H6N2O2S/c1-2-6-9(7,8)4-3-5/h2H,4H2,1H3/b6-2+. The van der Waals surface area contributed by atoms with Crippen molar-refractivity contribution in [2.75, 3.05) is 5.75 Å². The summed E-state index contributed by atoms with van der Waals surface area (Å²) in [5.41, 5.74) is 0. The van der Waals surface area contributed by atoms with E-state index in [0.717, 1.165) is 6.21 Å². The van der Waals surface area contributed by atoms with Crippen LogP contribution in [0.1, 0.15) is 6.92 Å². The number of nitrogens with zero attached hydrogens (tertiary/aromatic N) is 2. The lowest BCUT2D eigenvalue weighted by Gasteiger charge is -1.84. The smallest absolute Gasteiger partial charge is 0.204 e. The van der Waals surface area contributed by atoms with E-state index < -0.39 is 15.8 Å². The Labute approximate surface area is 53.9 Å². The van der Waals surface area contributed by atoms with Gasteiger partial charge in [0.25, 0.3) is 10.0 Å². The van der Waals surface area contributed by atoms with Gasteiger partial charge in [0.1, 0.15) is 0 Å². The molecular weight excluding hydrogens is 140 g/mol. The lowest BCUT2D eigenvalue weighted by Crippen LogP contribution is -1.98. The monoisotopic (exact) mass is 146 g/mol. The highest BCUT2D eigenvalue weighted by Gasteiger charge is 2.02. The SMILES string of the molecule is C/C=N/S(=O)(=O)CC#N. The Bertz CT molecular complexity index is 234. The normalized spacial score (nSPS) is 11.6. The first-order valence-electron chi connectivity index (χ1n) is 2.22. The van der Waals surface area contributed by atoms with E-state index in [1.807, 2.05) is 0 Å². The van der Waals surface area contributed by atoms with Gasteiger partial charge in [-0.25, -0.2) is 8.42 Å². The lowest BCUT2D eigenvalue weighted by atomic mass is 10.9. The van der Waals surface area contributed by atoms with Gasteiger partial charge in [-0.3, -0.25) is 0 Å². The van der Waals surface area contributed by atoms with E-state index in [-0.39, 0.29) is 0 Å². The molecule has 0 spiro atoms. The molecule has 0 N–H and O–H groups in total. The third kappa shape index (κ3) is 3.67. The highest BCUT2D eigenvalue weighted by Crippen LogP contribution is 1.87. The van der Waals surface area contributed by atoms with Crippen LogP contribution in [0, 0.1) is 11.3 Å². The van der Waals surface area contributed by atoms with E-state index in [0.29, 0.717) is 0 Å². The lowest BCUT2D eigenvalue weighted by molar-refractivity contribution is 0.601. The summed E-state index contributed by atoms with van der Waals surface area (Å²) in [5, 5.41) is 7.93. The van der Waals surface area contributed by atoms with Crippen molar-refractivity contribution in [1.29, 1.82) is 5.26 Å². The molecule has 0 saturated heterocycles. The molecule has 0 unspecified atom stereocenters. The van der Waals surface area contributed by atoms with Gasteiger partial charge < -0.3 is 0 Å². The quantitative estimate of drug-likeness (QED) is 0.512. The molecule has 0 aliphatic carbocycles. The molecule has 0 heterocycles. The number of nitriles is 1. The van der Waals surface area contributed by atoms with Gasteiger partial charge in [0, 0.05) is 6.21 Å². The minimum atomic E-state index is -3.47. The largest absolute Gasteiger partial charge is 0.266 e. The van der Waals surface area contributed by atoms with Gasteiger partial charge >= 0.3 is 0 Å². The second-order valence-corrected chi connectivity index (χ2v) is 2.91. The maximum absolute atomic E-state index is 10.4. The first-order valence-corrected chi connectivity index (χ1v) is 3.83. The molecule has 0 fully saturated rings. The van der Waals surface area contributed by atoms with Gasteiger partial charge in [0.2, 0.25) is 0 Å². The van der Waals surface area contributed by atoms with Crippen molar-refractivity contribution in [3.05, 3.63) is 0 Å². The summed E-state index contributed by atoms with van der Waals surface area (Å²) in [7, 11) is -3.47. The zero-order valence-corrected chi connectivity index (χ0v) is 5.72. The molecule has 0 bridgehead atoms. The van der Waals surface area contributed by atoms with Crippen molar-refractivity contribution < 1.29 is 8.42 Å². The van der Waals surface area contributed by atoms with Gasteiger partial charge in [0.15, 0.2) is 5.75 Å². The van der Waals surface area contributed by atoms with Gasteiger partial charge in [-0.1, -0.05) is 0 Å². The second kappa shape index (κ2) is 3.20. The van der Waals surface area contributed by atoms with Crippen LogP contribution in [0.2, 0.25) is 0 Å². The summed E-state index contributed by atoms with van der Waals surface area (Å²) < 4.78 is 23.9. The van der Waals surface area contributed by atoms with E-state index >= 15 is 0 Å². The Hall–Kier alpha value is -0.890. The van der Waals surface area contributed by atoms with Gasteiger partial charge in [0.05, 0.1) is 6.07 Å². The Balaban J connectivity index is 4.28. The molecule has 50 valence electrons. The highest BCUT2D eigenvalue weighted by atomic mass is 32.2. The molecule has 0 atom stereocenters. The minimum absolute atomic E-state index is 0.544. The van der Waals surface area contributed by atoms with Crippen LogP contribution in [0.5, 0.6) is 0 Å². The molecule has 0 radical (unpaired) electrons. The predicted octanol–water partition coefficient (Wildman–Crippen LogP) is -0.0695. The van der Waals surface area contributed by atoms with Crippen LogP contribution in [0.15, 0.2) is 4.40 Å². The van der Waals surface area contributed by atoms with Crippen molar-refractivity contribution in [2.24, 2.45) is 4.40 Å². The Morgan fingerprint density at radius 3 is 2.67 bits per heavy atom. The van der Waals surface area contributed by atoms with Gasteiger partial charge in [-0.05, 0) is 6.92 Å². The minimum Gasteiger partial charge on any atom is -0.204 e. The summed E-state index contributed by atoms with van der Waals surface area (Å²) in [6.45, 7) is 1.48. The van der Waals surface area contributed by atoms with Crippen LogP contribution in [0.3, 0.4) is 0 Å². The molecule has 5 heteroatoms. The molecule has 0 aliphatic heterocycles. The van der Waals surface area contributed by atoms with Crippen molar-refractivity contribution in [3.8, 4) is 6.07 Å². The topological polar surface area (TPSA) is 70.3 Å². The molecule has 0 saturated carbocycles. The maximum Gasteiger partial charge on any atom is 0.266 e. The molecule has 0 rings (SSSR count). The summed E-state index contributed by atoms with van der Waals surface area (Å²) in [6.07, 6.45) is 1.15. The fourth-order valence-electron chi connectivity index (χ4n) is 0.279. The Kier molecular flexibility index (Phi) is 2.88. The summed E-state index contributed by atoms with van der Waals surface area (Å²) in [5.74, 6) is -0.544. The van der Waals surface area contributed by atoms with Crippen molar-refractivity contribution in [3.63, 3.8) is 0 Å². The van der Waals surface area contributed by atoms with Crippen molar-refractivity contribution in [2.45, 2.75) is 6.92 Å². The van der Waals surface area contributed by atoms with E-state index in [4.69, 9.17) is 5.26 Å². The average molecular weight is 146 g/mol. The number of hydrogen-bond acceptors (Lipinski definition) is 3. The molecule has 9 heavy (non-hydrogen) atoms. The van der Waals surface area contributed by atoms with E-state index in [9.17, 15) is 8.42 Å². The molecule has 0 aromatic heterocycles. The first-order chi connectivity index (χ1) is 4.12. The molecule has 0 aromatic rings. The van der Waals surface area contributed by atoms with Crippen molar-refractivity contribution in [1.82, 2.24) is 0 Å². The fourth-order valence-corrected chi connectivity index (χ4v) is 0.838. The van der Waals surface area contributed by atoms with E-state index in [2.05, 4.69) is 4.40 Å². The molecule has 0 aliphatic rings. The summed E-state index contributed by atoms with van der Waals surface area (Å²) in [4.78, 5) is 0. The predicted molar refractivity (Wildman–Crippen MR) is 33.6 cm³/mol. The Morgan fingerprint density at radius 2 is 2.33 bits per heavy atom. The zero-order valence-electron chi connectivity index (χ0n) is 4.90. The summed E-state index contributed by atoms with van der Waals surface area (Å²) >= 11 is 0. The van der Waals surface area contributed by atoms with Crippen LogP contribution in [0.4, 0.5) is 0 Å². The number of sulfonamides is 1. The fraction of sp³-hybridized carbons (Fsp3) is 0.500. The molecule has 4 nitrogen and oxygen atoms in total. The maximum atomic E-state index is 10.4. The van der Waals surface area contributed by atoms with Crippen LogP contribution in [-0.2, 0) is 10.0 Å². The van der Waals surface area contributed by atoms with Gasteiger partial charge in [-0.15, -0.1) is 0 Å². The van der Waals surface area contributed by atoms with Crippen LogP contribution in [0.25, 0.3) is 0 Å². The van der Waals surface area contributed by atoms with E-state index in [1.54, 1.807) is 0 Å². The Morgan fingerprint density at radius 1 is 1.78 bits per heavy atom. The van der Waals surface area contributed by atoms with Crippen LogP contribution >= 0.6 is 0 Å². The molecular formula is C4H6N2O2S. The number of hydrogen-bond donors (Lipinski definition) is 0. The molecule has 0 amide bonds. The summed E-state index contributed by atoms with van der Waals surface area (Å²) in [6, 6.07) is 1.49. The highest BCUT2D eigenvalue weighted by molar-refractivity contribution is 7.90. The molecule has 0 aromatic carbocycles. The third-order valence-electron chi connectivity index (χ3n) is 0.513. The second-order valence-electron chi connectivity index (χ2n) is 1.25. The van der Waals surface area contributed by atoms with Crippen LogP contribution < -0.4 is 0 Å². The average Bonchev–Trinajstić information content (AvgIpc) is 1.64. The van der Waals surface area contributed by atoms with Gasteiger partial charge in [-0.2, -0.15) is 9.66 Å².